The summed E-state index contributed by atoms with van der Waals surface area (Å²) in [4.78, 5) is 0. The summed E-state index contributed by atoms with van der Waals surface area (Å²) in [7, 11) is 0. The van der Waals surface area contributed by atoms with Crippen LogP contribution >= 0.6 is 0 Å². The van der Waals surface area contributed by atoms with Crippen LogP contribution in [0.2, 0.25) is 0 Å². The second-order valence-electron chi connectivity index (χ2n) is 7.34. The van der Waals surface area contributed by atoms with Gasteiger partial charge >= 0.3 is 0 Å². The quantitative estimate of drug-likeness (QED) is 0.604. The van der Waals surface area contributed by atoms with Crippen LogP contribution in [0.25, 0.3) is 0 Å². The van der Waals surface area contributed by atoms with Gasteiger partial charge in [0.05, 0.1) is 5.60 Å². The van der Waals surface area contributed by atoms with Crippen LogP contribution in [0.3, 0.4) is 0 Å². The number of hydrogen-bond donors (Lipinski definition) is 1. The lowest BCUT2D eigenvalue weighted by molar-refractivity contribution is 0.102. The summed E-state index contributed by atoms with van der Waals surface area (Å²) in [6.07, 6.45) is 15.4. The van der Waals surface area contributed by atoms with E-state index in [9.17, 15) is 5.11 Å². The third kappa shape index (κ3) is 7.66. The first-order valence-electron chi connectivity index (χ1n) is 8.53. The molecule has 120 valence electrons. The summed E-state index contributed by atoms with van der Waals surface area (Å²) in [5, 5.41) is 10.5. The molecule has 1 unspecified atom stereocenters. The van der Waals surface area contributed by atoms with Crippen molar-refractivity contribution in [2.75, 3.05) is 0 Å². The number of hydrogen-bond acceptors (Lipinski definition) is 1. The van der Waals surface area contributed by atoms with Gasteiger partial charge in [-0.1, -0.05) is 49.3 Å². The summed E-state index contributed by atoms with van der Waals surface area (Å²) in [5.41, 5.74) is 2.26. The van der Waals surface area contributed by atoms with Crippen molar-refractivity contribution in [1.82, 2.24) is 0 Å². The summed E-state index contributed by atoms with van der Waals surface area (Å²) in [6, 6.07) is 0. The van der Waals surface area contributed by atoms with Crippen molar-refractivity contribution < 1.29 is 5.11 Å². The maximum atomic E-state index is 10.5. The highest BCUT2D eigenvalue weighted by molar-refractivity contribution is 5.08. The average Bonchev–Trinajstić information content (AvgIpc) is 2.37. The Bertz CT molecular complexity index is 396. The monoisotopic (exact) mass is 290 g/mol. The van der Waals surface area contributed by atoms with Crippen LogP contribution in [0.15, 0.2) is 35.5 Å². The number of aliphatic hydroxyl groups is 1. The van der Waals surface area contributed by atoms with Crippen molar-refractivity contribution >= 4 is 0 Å². The molecule has 0 amide bonds. The highest BCUT2D eigenvalue weighted by atomic mass is 16.3. The van der Waals surface area contributed by atoms with Crippen LogP contribution in [0.1, 0.15) is 73.1 Å². The Morgan fingerprint density at radius 1 is 1.10 bits per heavy atom. The van der Waals surface area contributed by atoms with E-state index < -0.39 is 5.60 Å². The Morgan fingerprint density at radius 2 is 1.71 bits per heavy atom. The van der Waals surface area contributed by atoms with Gasteiger partial charge in [0.1, 0.15) is 0 Å². The molecule has 0 saturated heterocycles. The molecule has 0 heterocycles. The number of allylic oxidation sites excluding steroid dienone is 5. The lowest BCUT2D eigenvalue weighted by Gasteiger charge is -2.22. The summed E-state index contributed by atoms with van der Waals surface area (Å²) < 4.78 is 0. The van der Waals surface area contributed by atoms with Crippen molar-refractivity contribution in [2.45, 2.75) is 78.7 Å². The number of rotatable bonds is 1. The zero-order valence-corrected chi connectivity index (χ0v) is 14.7. The molecule has 0 fully saturated rings. The van der Waals surface area contributed by atoms with E-state index in [0.717, 1.165) is 32.1 Å². The maximum Gasteiger partial charge on any atom is 0.0802 e. The largest absolute Gasteiger partial charge is 0.386 e. The van der Waals surface area contributed by atoms with Gasteiger partial charge in [-0.2, -0.15) is 0 Å². The van der Waals surface area contributed by atoms with Crippen molar-refractivity contribution in [3.05, 3.63) is 35.5 Å². The summed E-state index contributed by atoms with van der Waals surface area (Å²) >= 11 is 0. The molecule has 1 rings (SSSR count). The predicted octanol–water partition coefficient (Wildman–Crippen LogP) is 5.81. The van der Waals surface area contributed by atoms with Gasteiger partial charge in [0.15, 0.2) is 0 Å². The standard InChI is InChI=1S/C20H34O/c1-16(2)19-12-11-18(4)9-6-8-17(3)10-7-14-20(5,21)15-13-19/h9-10,13,15-16,19,21H,6-8,11-12,14H2,1-5H3/b15-13?,17-10+,18-9+/t19?,20-/m1/s1. The minimum Gasteiger partial charge on any atom is -0.386 e. The van der Waals surface area contributed by atoms with Gasteiger partial charge in [-0.3, -0.25) is 0 Å². The third-order valence-corrected chi connectivity index (χ3v) is 4.61. The van der Waals surface area contributed by atoms with E-state index in [1.165, 1.54) is 17.6 Å². The van der Waals surface area contributed by atoms with Crippen molar-refractivity contribution in [3.63, 3.8) is 0 Å². The molecule has 1 aliphatic rings. The van der Waals surface area contributed by atoms with Gasteiger partial charge in [-0.25, -0.2) is 0 Å². The van der Waals surface area contributed by atoms with E-state index in [1.54, 1.807) is 0 Å². The molecule has 0 radical (unpaired) electrons. The molecule has 1 N–H and O–H groups in total. The zero-order valence-electron chi connectivity index (χ0n) is 14.7. The second kappa shape index (κ2) is 8.58. The van der Waals surface area contributed by atoms with Crippen molar-refractivity contribution in [2.24, 2.45) is 11.8 Å². The second-order valence-corrected chi connectivity index (χ2v) is 7.34. The topological polar surface area (TPSA) is 20.2 Å². The average molecular weight is 290 g/mol. The molecule has 1 aliphatic carbocycles. The molecule has 0 spiro atoms. The van der Waals surface area contributed by atoms with Gasteiger partial charge in [-0.15, -0.1) is 0 Å². The van der Waals surface area contributed by atoms with E-state index in [4.69, 9.17) is 0 Å². The Kier molecular flexibility index (Phi) is 7.45. The molecule has 2 atom stereocenters. The van der Waals surface area contributed by atoms with Crippen LogP contribution in [0.4, 0.5) is 0 Å². The van der Waals surface area contributed by atoms with Gasteiger partial charge in [0.25, 0.3) is 0 Å². The Balaban J connectivity index is 2.87. The van der Waals surface area contributed by atoms with Crippen LogP contribution in [-0.2, 0) is 0 Å². The first-order valence-corrected chi connectivity index (χ1v) is 8.53. The lowest BCUT2D eigenvalue weighted by Crippen LogP contribution is -2.21. The fourth-order valence-electron chi connectivity index (χ4n) is 2.82. The zero-order chi connectivity index (χ0) is 15.9. The van der Waals surface area contributed by atoms with Gasteiger partial charge in [0, 0.05) is 0 Å². The fourth-order valence-corrected chi connectivity index (χ4v) is 2.82. The highest BCUT2D eigenvalue weighted by Crippen LogP contribution is 2.25. The van der Waals surface area contributed by atoms with E-state index in [2.05, 4.69) is 45.9 Å². The lowest BCUT2D eigenvalue weighted by atomic mass is 9.87. The van der Waals surface area contributed by atoms with Crippen molar-refractivity contribution in [1.29, 1.82) is 0 Å². The first kappa shape index (κ1) is 18.2. The fraction of sp³-hybridized carbons (Fsp3) is 0.700. The summed E-state index contributed by atoms with van der Waals surface area (Å²) in [5.74, 6) is 1.18. The minimum absolute atomic E-state index is 0.556. The third-order valence-electron chi connectivity index (χ3n) is 4.61. The van der Waals surface area contributed by atoms with Gasteiger partial charge in [0.2, 0.25) is 0 Å². The SMILES string of the molecule is C/C1=C\CC[C@@](C)(O)C=CC(C(C)C)CC/C(C)=C/CC1. The molecule has 0 aromatic rings. The maximum absolute atomic E-state index is 10.5. The molecular formula is C20H34O. The van der Waals surface area contributed by atoms with E-state index in [0.29, 0.717) is 11.8 Å². The molecule has 0 aromatic heterocycles. The molecule has 0 bridgehead atoms. The minimum atomic E-state index is -0.682. The molecule has 21 heavy (non-hydrogen) atoms. The smallest absolute Gasteiger partial charge is 0.0802 e. The van der Waals surface area contributed by atoms with Crippen molar-refractivity contribution in [3.8, 4) is 0 Å². The highest BCUT2D eigenvalue weighted by Gasteiger charge is 2.17. The first-order chi connectivity index (χ1) is 9.80. The van der Waals surface area contributed by atoms with E-state index >= 15 is 0 Å². The Hall–Kier alpha value is -0.820. The molecular weight excluding hydrogens is 256 g/mol. The predicted molar refractivity (Wildman–Crippen MR) is 93.3 cm³/mol. The van der Waals surface area contributed by atoms with Crippen LogP contribution in [0.5, 0.6) is 0 Å². The van der Waals surface area contributed by atoms with Crippen LogP contribution < -0.4 is 0 Å². The molecule has 0 saturated carbocycles. The molecule has 0 aromatic carbocycles. The van der Waals surface area contributed by atoms with E-state index in [-0.39, 0.29) is 0 Å². The normalized spacial score (nSPS) is 34.7. The molecule has 1 heteroatoms. The van der Waals surface area contributed by atoms with Crippen LogP contribution in [-0.4, -0.2) is 10.7 Å². The Labute approximate surface area is 131 Å². The van der Waals surface area contributed by atoms with E-state index in [1.807, 2.05) is 13.0 Å². The molecule has 0 aliphatic heterocycles. The summed E-state index contributed by atoms with van der Waals surface area (Å²) in [6.45, 7) is 10.9. The Morgan fingerprint density at radius 3 is 2.38 bits per heavy atom. The van der Waals surface area contributed by atoms with Crippen LogP contribution in [0, 0.1) is 11.8 Å². The van der Waals surface area contributed by atoms with Gasteiger partial charge < -0.3 is 5.11 Å². The van der Waals surface area contributed by atoms with Gasteiger partial charge in [-0.05, 0) is 71.1 Å². The molecule has 1 nitrogen and oxygen atoms in total.